The zero-order chi connectivity index (χ0) is 14.6. The van der Waals surface area contributed by atoms with Crippen molar-refractivity contribution in [1.82, 2.24) is 10.6 Å². The highest BCUT2D eigenvalue weighted by Crippen LogP contribution is 2.21. The smallest absolute Gasteiger partial charge is 0.326 e. The lowest BCUT2D eigenvalue weighted by Crippen LogP contribution is -2.52. The number of hydrogen-bond acceptors (Lipinski definition) is 3. The van der Waals surface area contributed by atoms with E-state index in [4.69, 9.17) is 16.7 Å². The monoisotopic (exact) mass is 304 g/mol. The Labute approximate surface area is 121 Å². The number of urea groups is 1. The number of halogens is 1. The normalized spacial score (nSPS) is 12.8. The lowest BCUT2D eigenvalue weighted by atomic mass is 9.87. The van der Waals surface area contributed by atoms with Gasteiger partial charge < -0.3 is 15.7 Å². The van der Waals surface area contributed by atoms with E-state index in [0.717, 1.165) is 4.88 Å². The molecule has 0 radical (unpaired) electrons. The van der Waals surface area contributed by atoms with Gasteiger partial charge in [0.15, 0.2) is 0 Å². The van der Waals surface area contributed by atoms with E-state index in [-0.39, 0.29) is 0 Å². The number of carboxylic acid groups (broad SMARTS) is 1. The average molecular weight is 305 g/mol. The molecule has 0 saturated carbocycles. The van der Waals surface area contributed by atoms with E-state index in [2.05, 4.69) is 10.6 Å². The molecule has 0 spiro atoms. The molecule has 0 bridgehead atoms. The fourth-order valence-electron chi connectivity index (χ4n) is 1.44. The highest BCUT2D eigenvalue weighted by Gasteiger charge is 2.32. The van der Waals surface area contributed by atoms with E-state index in [1.807, 2.05) is 6.07 Å². The Balaban J connectivity index is 2.52. The van der Waals surface area contributed by atoms with Crippen LogP contribution < -0.4 is 10.6 Å². The van der Waals surface area contributed by atoms with Gasteiger partial charge in [-0.2, -0.15) is 0 Å². The van der Waals surface area contributed by atoms with Crippen molar-refractivity contribution in [2.45, 2.75) is 33.4 Å². The summed E-state index contributed by atoms with van der Waals surface area (Å²) in [7, 11) is 0. The molecule has 1 rings (SSSR count). The van der Waals surface area contributed by atoms with Crippen LogP contribution in [0.25, 0.3) is 0 Å². The number of carboxylic acids is 1. The van der Waals surface area contributed by atoms with Gasteiger partial charge in [0, 0.05) is 4.88 Å². The van der Waals surface area contributed by atoms with Crippen molar-refractivity contribution in [3.63, 3.8) is 0 Å². The maximum absolute atomic E-state index is 11.7. The second kappa shape index (κ2) is 6.25. The van der Waals surface area contributed by atoms with E-state index < -0.39 is 23.5 Å². The first-order valence-electron chi connectivity index (χ1n) is 5.71. The summed E-state index contributed by atoms with van der Waals surface area (Å²) in [5.41, 5.74) is -0.560. The Bertz CT molecular complexity index is 468. The van der Waals surface area contributed by atoms with Gasteiger partial charge in [-0.25, -0.2) is 9.59 Å². The first-order chi connectivity index (χ1) is 8.70. The van der Waals surface area contributed by atoms with Crippen LogP contribution in [0.2, 0.25) is 4.34 Å². The van der Waals surface area contributed by atoms with E-state index >= 15 is 0 Å². The predicted molar refractivity (Wildman–Crippen MR) is 75.6 cm³/mol. The Hall–Kier alpha value is -1.27. The molecular formula is C12H17ClN2O3S. The quantitative estimate of drug-likeness (QED) is 0.800. The van der Waals surface area contributed by atoms with Gasteiger partial charge in [0.1, 0.15) is 6.04 Å². The topological polar surface area (TPSA) is 78.4 Å². The molecule has 1 heterocycles. The maximum atomic E-state index is 11.7. The van der Waals surface area contributed by atoms with Crippen molar-refractivity contribution in [1.29, 1.82) is 0 Å². The van der Waals surface area contributed by atoms with Gasteiger partial charge in [-0.3, -0.25) is 0 Å². The summed E-state index contributed by atoms with van der Waals surface area (Å²) in [5, 5.41) is 14.2. The van der Waals surface area contributed by atoms with Gasteiger partial charge in [-0.15, -0.1) is 11.3 Å². The summed E-state index contributed by atoms with van der Waals surface area (Å²) in [5.74, 6) is -1.05. The molecule has 106 valence electrons. The van der Waals surface area contributed by atoms with E-state index in [1.54, 1.807) is 26.8 Å². The molecule has 0 aromatic carbocycles. The van der Waals surface area contributed by atoms with Gasteiger partial charge in [0.25, 0.3) is 0 Å². The molecule has 0 saturated heterocycles. The fraction of sp³-hybridized carbons (Fsp3) is 0.500. The Morgan fingerprint density at radius 1 is 1.42 bits per heavy atom. The molecule has 1 unspecified atom stereocenters. The number of rotatable bonds is 4. The molecule has 3 N–H and O–H groups in total. The Morgan fingerprint density at radius 3 is 2.47 bits per heavy atom. The molecule has 1 atom stereocenters. The highest BCUT2D eigenvalue weighted by atomic mass is 35.5. The molecule has 5 nitrogen and oxygen atoms in total. The maximum Gasteiger partial charge on any atom is 0.326 e. The standard InChI is InChI=1S/C12H17ClN2O3S/c1-12(2,3)9(10(16)17)15-11(18)14-6-7-4-5-8(13)19-7/h4-5,9H,6H2,1-3H3,(H,16,17)(H2,14,15,18). The molecular weight excluding hydrogens is 288 g/mol. The molecule has 0 aliphatic heterocycles. The number of nitrogens with one attached hydrogen (secondary N) is 2. The molecule has 7 heteroatoms. The third-order valence-corrected chi connectivity index (χ3v) is 3.67. The molecule has 0 fully saturated rings. The van der Waals surface area contributed by atoms with Crippen LogP contribution in [0.4, 0.5) is 4.79 Å². The van der Waals surface area contributed by atoms with Crippen LogP contribution in [0.3, 0.4) is 0 Å². The third-order valence-electron chi connectivity index (χ3n) is 2.44. The van der Waals surface area contributed by atoms with Crippen LogP contribution in [-0.4, -0.2) is 23.1 Å². The number of hydrogen-bond donors (Lipinski definition) is 3. The summed E-state index contributed by atoms with van der Waals surface area (Å²) in [6, 6.07) is 2.11. The third kappa shape index (κ3) is 5.08. The molecule has 19 heavy (non-hydrogen) atoms. The molecule has 1 aromatic heterocycles. The SMILES string of the molecule is CC(C)(C)C(NC(=O)NCc1ccc(Cl)s1)C(=O)O. The molecule has 0 aliphatic rings. The first-order valence-corrected chi connectivity index (χ1v) is 6.91. The van der Waals surface area contributed by atoms with Gasteiger partial charge in [-0.05, 0) is 17.5 Å². The van der Waals surface area contributed by atoms with Crippen LogP contribution in [0.5, 0.6) is 0 Å². The Morgan fingerprint density at radius 2 is 2.05 bits per heavy atom. The number of amides is 2. The lowest BCUT2D eigenvalue weighted by Gasteiger charge is -2.27. The number of aliphatic carboxylic acids is 1. The van der Waals surface area contributed by atoms with Gasteiger partial charge in [-0.1, -0.05) is 32.4 Å². The van der Waals surface area contributed by atoms with Crippen LogP contribution in [0.1, 0.15) is 25.6 Å². The fourth-order valence-corrected chi connectivity index (χ4v) is 2.47. The Kier molecular flexibility index (Phi) is 5.20. The minimum Gasteiger partial charge on any atom is -0.480 e. The summed E-state index contributed by atoms with van der Waals surface area (Å²) in [6.45, 7) is 5.58. The second-order valence-corrected chi connectivity index (χ2v) is 6.97. The van der Waals surface area contributed by atoms with Crippen molar-refractivity contribution in [3.05, 3.63) is 21.3 Å². The summed E-state index contributed by atoms with van der Waals surface area (Å²) < 4.78 is 0.648. The minimum absolute atomic E-state index is 0.319. The molecule has 2 amide bonds. The van der Waals surface area contributed by atoms with Crippen LogP contribution in [0, 0.1) is 5.41 Å². The van der Waals surface area contributed by atoms with Crippen LogP contribution in [-0.2, 0) is 11.3 Å². The highest BCUT2D eigenvalue weighted by molar-refractivity contribution is 7.16. The van der Waals surface area contributed by atoms with Gasteiger partial charge in [0.2, 0.25) is 0 Å². The molecule has 0 aliphatic carbocycles. The van der Waals surface area contributed by atoms with Crippen molar-refractivity contribution in [2.75, 3.05) is 0 Å². The second-order valence-electron chi connectivity index (χ2n) is 5.17. The average Bonchev–Trinajstić information content (AvgIpc) is 2.67. The minimum atomic E-state index is -1.05. The number of carbonyl (C=O) groups excluding carboxylic acids is 1. The van der Waals surface area contributed by atoms with Crippen molar-refractivity contribution >= 4 is 34.9 Å². The first kappa shape index (κ1) is 15.8. The number of carbonyl (C=O) groups is 2. The van der Waals surface area contributed by atoms with Crippen LogP contribution >= 0.6 is 22.9 Å². The summed E-state index contributed by atoms with van der Waals surface area (Å²) in [4.78, 5) is 23.7. The van der Waals surface area contributed by atoms with E-state index in [0.29, 0.717) is 10.9 Å². The van der Waals surface area contributed by atoms with Crippen LogP contribution in [0.15, 0.2) is 12.1 Å². The van der Waals surface area contributed by atoms with Crippen molar-refractivity contribution < 1.29 is 14.7 Å². The van der Waals surface area contributed by atoms with E-state index in [1.165, 1.54) is 11.3 Å². The zero-order valence-electron chi connectivity index (χ0n) is 11.0. The lowest BCUT2D eigenvalue weighted by molar-refractivity contribution is -0.141. The van der Waals surface area contributed by atoms with Crippen molar-refractivity contribution in [2.24, 2.45) is 5.41 Å². The largest absolute Gasteiger partial charge is 0.480 e. The van der Waals surface area contributed by atoms with Gasteiger partial charge in [0.05, 0.1) is 10.9 Å². The summed E-state index contributed by atoms with van der Waals surface area (Å²) >= 11 is 7.14. The zero-order valence-corrected chi connectivity index (χ0v) is 12.6. The van der Waals surface area contributed by atoms with E-state index in [9.17, 15) is 9.59 Å². The van der Waals surface area contributed by atoms with Gasteiger partial charge >= 0.3 is 12.0 Å². The number of thiophene rings is 1. The van der Waals surface area contributed by atoms with Crippen molar-refractivity contribution in [3.8, 4) is 0 Å². The molecule has 1 aromatic rings. The predicted octanol–water partition coefficient (Wildman–Crippen LogP) is 2.70. The summed E-state index contributed by atoms with van der Waals surface area (Å²) in [6.07, 6.45) is 0.